The molecule has 25 heavy (non-hydrogen) atoms. The molecule has 0 bridgehead atoms. The Balaban J connectivity index is 1.66. The lowest BCUT2D eigenvalue weighted by Gasteiger charge is -2.27. The smallest absolute Gasteiger partial charge is 0.191 e. The van der Waals surface area contributed by atoms with Gasteiger partial charge in [0.15, 0.2) is 5.78 Å². The van der Waals surface area contributed by atoms with Crippen LogP contribution in [0.1, 0.15) is 43.0 Å². The van der Waals surface area contributed by atoms with Crippen molar-refractivity contribution in [3.8, 4) is 5.75 Å². The van der Waals surface area contributed by atoms with E-state index in [4.69, 9.17) is 4.74 Å². The number of ether oxygens (including phenoxy) is 1. The number of nitrogens with zero attached hydrogens (tertiary/aromatic N) is 2. The van der Waals surface area contributed by atoms with Gasteiger partial charge in [0.2, 0.25) is 0 Å². The number of ketones is 1. The molecular formula is C20H27BrN2O2. The lowest BCUT2D eigenvalue weighted by molar-refractivity contribution is 0.104. The van der Waals surface area contributed by atoms with Gasteiger partial charge in [-0.2, -0.15) is 0 Å². The van der Waals surface area contributed by atoms with E-state index < -0.39 is 0 Å². The van der Waals surface area contributed by atoms with Gasteiger partial charge in [0, 0.05) is 35.9 Å². The molecule has 0 spiro atoms. The number of hydrogen-bond acceptors (Lipinski definition) is 4. The third kappa shape index (κ3) is 4.85. The van der Waals surface area contributed by atoms with Crippen molar-refractivity contribution >= 4 is 21.7 Å². The van der Waals surface area contributed by atoms with Crippen LogP contribution in [0, 0.1) is 0 Å². The summed E-state index contributed by atoms with van der Waals surface area (Å²) in [5, 5.41) is 0. The zero-order valence-corrected chi connectivity index (χ0v) is 16.5. The third-order valence-electron chi connectivity index (χ3n) is 5.01. The molecule has 1 atom stereocenters. The predicted molar refractivity (Wildman–Crippen MR) is 104 cm³/mol. The van der Waals surface area contributed by atoms with E-state index in [1.54, 1.807) is 6.08 Å². The van der Waals surface area contributed by atoms with Crippen molar-refractivity contribution in [2.75, 3.05) is 32.8 Å². The Hall–Kier alpha value is -1.33. The van der Waals surface area contributed by atoms with E-state index in [0.717, 1.165) is 17.6 Å². The van der Waals surface area contributed by atoms with Crippen molar-refractivity contribution in [2.24, 2.45) is 0 Å². The third-order valence-corrected chi connectivity index (χ3v) is 5.51. The normalized spacial score (nSPS) is 21.4. The molecule has 2 fully saturated rings. The van der Waals surface area contributed by atoms with E-state index in [1.165, 1.54) is 38.8 Å². The zero-order valence-electron chi connectivity index (χ0n) is 14.9. The van der Waals surface area contributed by atoms with Crippen LogP contribution in [-0.4, -0.2) is 54.4 Å². The number of rotatable bonds is 7. The van der Waals surface area contributed by atoms with Crippen LogP contribution in [0.3, 0.4) is 0 Å². The molecule has 2 heterocycles. The van der Waals surface area contributed by atoms with Crippen molar-refractivity contribution in [3.05, 3.63) is 40.5 Å². The first-order chi connectivity index (χ1) is 12.2. The number of allylic oxidation sites excluding steroid dienone is 1. The number of carbonyl (C=O) groups excluding carboxylic acids is 1. The Labute approximate surface area is 159 Å². The molecule has 0 saturated carbocycles. The van der Waals surface area contributed by atoms with Crippen LogP contribution in [0.4, 0.5) is 0 Å². The minimum absolute atomic E-state index is 0.00317. The molecule has 1 aromatic rings. The van der Waals surface area contributed by atoms with Crippen molar-refractivity contribution in [1.82, 2.24) is 9.80 Å². The highest BCUT2D eigenvalue weighted by Crippen LogP contribution is 2.25. The molecule has 4 nitrogen and oxygen atoms in total. The van der Waals surface area contributed by atoms with Crippen LogP contribution >= 0.6 is 15.9 Å². The van der Waals surface area contributed by atoms with Gasteiger partial charge in [-0.1, -0.05) is 15.9 Å². The summed E-state index contributed by atoms with van der Waals surface area (Å²) < 4.78 is 6.49. The maximum absolute atomic E-state index is 12.7. The largest absolute Gasteiger partial charge is 0.493 e. The summed E-state index contributed by atoms with van der Waals surface area (Å²) in [6, 6.07) is 6.12. The fraction of sp³-hybridized carbons (Fsp3) is 0.550. The van der Waals surface area contributed by atoms with Crippen molar-refractivity contribution < 1.29 is 9.53 Å². The Morgan fingerprint density at radius 3 is 2.84 bits per heavy atom. The van der Waals surface area contributed by atoms with Gasteiger partial charge in [-0.25, -0.2) is 0 Å². The topological polar surface area (TPSA) is 32.8 Å². The highest BCUT2D eigenvalue weighted by Gasteiger charge is 2.25. The van der Waals surface area contributed by atoms with Gasteiger partial charge in [0.1, 0.15) is 5.75 Å². The van der Waals surface area contributed by atoms with Gasteiger partial charge < -0.3 is 14.5 Å². The van der Waals surface area contributed by atoms with Crippen molar-refractivity contribution in [3.63, 3.8) is 0 Å². The average Bonchev–Trinajstić information content (AvgIpc) is 3.27. The molecule has 136 valence electrons. The Morgan fingerprint density at radius 1 is 1.28 bits per heavy atom. The SMILES string of the molecule is CCOc1ccc(Br)cc1C(=O)/C=C/N1CCC[C@H]1CN1CCCC1. The second-order valence-electron chi connectivity index (χ2n) is 6.80. The second-order valence-corrected chi connectivity index (χ2v) is 7.71. The molecule has 1 aromatic carbocycles. The van der Waals surface area contributed by atoms with Gasteiger partial charge in [0.05, 0.1) is 12.2 Å². The summed E-state index contributed by atoms with van der Waals surface area (Å²) in [7, 11) is 0. The van der Waals surface area contributed by atoms with Crippen LogP contribution < -0.4 is 4.74 Å². The van der Waals surface area contributed by atoms with E-state index >= 15 is 0 Å². The Kier molecular flexibility index (Phi) is 6.54. The van der Waals surface area contributed by atoms with Crippen LogP contribution in [0.2, 0.25) is 0 Å². The number of hydrogen-bond donors (Lipinski definition) is 0. The standard InChI is InChI=1S/C20H27BrN2O2/c1-2-25-20-8-7-16(21)14-18(20)19(24)9-13-23-12-5-6-17(23)15-22-10-3-4-11-22/h7-9,13-14,17H,2-6,10-12,15H2,1H3/b13-9+/t17-/m0/s1. The van der Waals surface area contributed by atoms with Crippen LogP contribution in [0.5, 0.6) is 5.75 Å². The Morgan fingerprint density at radius 2 is 2.08 bits per heavy atom. The predicted octanol–water partition coefficient (Wildman–Crippen LogP) is 4.10. The van der Waals surface area contributed by atoms with E-state index in [1.807, 2.05) is 31.3 Å². The van der Waals surface area contributed by atoms with E-state index in [9.17, 15) is 4.79 Å². The molecular weight excluding hydrogens is 380 g/mol. The fourth-order valence-electron chi connectivity index (χ4n) is 3.74. The number of likely N-dealkylation sites (tertiary alicyclic amines) is 2. The highest BCUT2D eigenvalue weighted by molar-refractivity contribution is 9.10. The van der Waals surface area contributed by atoms with Gasteiger partial charge in [-0.3, -0.25) is 4.79 Å². The molecule has 2 saturated heterocycles. The molecule has 0 unspecified atom stereocenters. The summed E-state index contributed by atoms with van der Waals surface area (Å²) in [6.07, 6.45) is 8.77. The van der Waals surface area contributed by atoms with Crippen molar-refractivity contribution in [2.45, 2.75) is 38.6 Å². The van der Waals surface area contributed by atoms with Crippen LogP contribution in [0.15, 0.2) is 34.9 Å². The van der Waals surface area contributed by atoms with Gasteiger partial charge in [-0.05, 0) is 63.9 Å². The Bertz CT molecular complexity index is 626. The maximum atomic E-state index is 12.7. The molecule has 2 aliphatic heterocycles. The summed E-state index contributed by atoms with van der Waals surface area (Å²) in [5.74, 6) is 0.645. The summed E-state index contributed by atoms with van der Waals surface area (Å²) in [5.41, 5.74) is 0.614. The molecule has 3 rings (SSSR count). The number of halogens is 1. The summed E-state index contributed by atoms with van der Waals surface area (Å²) in [6.45, 7) is 7.10. The number of carbonyl (C=O) groups is 1. The molecule has 0 radical (unpaired) electrons. The lowest BCUT2D eigenvalue weighted by atomic mass is 10.1. The first-order valence-electron chi connectivity index (χ1n) is 9.30. The van der Waals surface area contributed by atoms with Crippen LogP contribution in [-0.2, 0) is 0 Å². The average molecular weight is 407 g/mol. The van der Waals surface area contributed by atoms with E-state index in [0.29, 0.717) is 24.0 Å². The fourth-order valence-corrected chi connectivity index (χ4v) is 4.10. The summed E-state index contributed by atoms with van der Waals surface area (Å²) in [4.78, 5) is 17.6. The highest BCUT2D eigenvalue weighted by atomic mass is 79.9. The van der Waals surface area contributed by atoms with Crippen LogP contribution in [0.25, 0.3) is 0 Å². The monoisotopic (exact) mass is 406 g/mol. The molecule has 0 N–H and O–H groups in total. The minimum atomic E-state index is -0.00317. The van der Waals surface area contributed by atoms with Gasteiger partial charge in [0.25, 0.3) is 0 Å². The maximum Gasteiger partial charge on any atom is 0.191 e. The first kappa shape index (κ1) is 18.5. The van der Waals surface area contributed by atoms with Crippen molar-refractivity contribution in [1.29, 1.82) is 0 Å². The van der Waals surface area contributed by atoms with E-state index in [2.05, 4.69) is 25.7 Å². The second kappa shape index (κ2) is 8.86. The molecule has 0 aliphatic carbocycles. The number of benzene rings is 1. The molecule has 5 heteroatoms. The zero-order chi connectivity index (χ0) is 17.6. The summed E-state index contributed by atoms with van der Waals surface area (Å²) >= 11 is 3.44. The van der Waals surface area contributed by atoms with Gasteiger partial charge >= 0.3 is 0 Å². The lowest BCUT2D eigenvalue weighted by Crippen LogP contribution is -2.36. The first-order valence-corrected chi connectivity index (χ1v) is 10.1. The molecule has 2 aliphatic rings. The quantitative estimate of drug-likeness (QED) is 0.503. The van der Waals surface area contributed by atoms with Gasteiger partial charge in [-0.15, -0.1) is 0 Å². The van der Waals surface area contributed by atoms with E-state index in [-0.39, 0.29) is 5.78 Å². The molecule has 0 aromatic heterocycles. The molecule has 0 amide bonds. The minimum Gasteiger partial charge on any atom is -0.493 e.